The van der Waals surface area contributed by atoms with E-state index in [1.54, 1.807) is 0 Å². The number of nitrogens with one attached hydrogen (secondary N) is 1. The Balaban J connectivity index is 0.000000383. The van der Waals surface area contributed by atoms with E-state index in [4.69, 9.17) is 9.90 Å². The van der Waals surface area contributed by atoms with Crippen LogP contribution in [0.3, 0.4) is 0 Å². The monoisotopic (exact) mass is 470 g/mol. The molecule has 1 saturated carbocycles. The molecule has 0 spiro atoms. The van der Waals surface area contributed by atoms with E-state index in [0.29, 0.717) is 11.6 Å². The van der Waals surface area contributed by atoms with Gasteiger partial charge in [-0.25, -0.2) is 9.78 Å². The van der Waals surface area contributed by atoms with Crippen LogP contribution in [-0.2, 0) is 24.9 Å². The number of amides is 1. The van der Waals surface area contributed by atoms with Crippen LogP contribution >= 0.6 is 0 Å². The summed E-state index contributed by atoms with van der Waals surface area (Å²) in [6, 6.07) is 2.31. The molecule has 9 nitrogen and oxygen atoms in total. The van der Waals surface area contributed by atoms with Gasteiger partial charge in [-0.15, -0.1) is 0 Å². The summed E-state index contributed by atoms with van der Waals surface area (Å²) in [6.45, 7) is 7.61. The number of aryl methyl sites for hydroxylation is 2. The molecule has 0 bridgehead atoms. The van der Waals surface area contributed by atoms with Crippen molar-refractivity contribution in [1.29, 1.82) is 0 Å². The smallest absolute Gasteiger partial charge is 0.475 e. The lowest BCUT2D eigenvalue weighted by atomic mass is 9.85. The number of fused-ring (bicyclic) bond motifs is 1. The van der Waals surface area contributed by atoms with E-state index in [1.165, 1.54) is 25.0 Å². The van der Waals surface area contributed by atoms with Gasteiger partial charge in [0.2, 0.25) is 0 Å². The number of carbonyl (C=O) groups excluding carboxylic acids is 1. The lowest BCUT2D eigenvalue weighted by Crippen LogP contribution is -2.36. The number of carboxylic acids is 1. The van der Waals surface area contributed by atoms with E-state index < -0.39 is 12.1 Å². The van der Waals surface area contributed by atoms with Crippen LogP contribution in [0.2, 0.25) is 0 Å². The first-order chi connectivity index (χ1) is 15.5. The fourth-order valence-corrected chi connectivity index (χ4v) is 3.91. The first-order valence-electron chi connectivity index (χ1n) is 10.8. The molecule has 1 aliphatic carbocycles. The third-order valence-electron chi connectivity index (χ3n) is 6.07. The number of rotatable bonds is 5. The minimum Gasteiger partial charge on any atom is -0.475 e. The maximum Gasteiger partial charge on any atom is 0.490 e. The second-order valence-corrected chi connectivity index (χ2v) is 8.53. The van der Waals surface area contributed by atoms with E-state index in [1.807, 2.05) is 24.9 Å². The van der Waals surface area contributed by atoms with E-state index in [2.05, 4.69) is 37.9 Å². The highest BCUT2D eigenvalue weighted by atomic mass is 19.4. The van der Waals surface area contributed by atoms with Crippen LogP contribution in [0.15, 0.2) is 12.3 Å². The number of hydrogen-bond acceptors (Lipinski definition) is 5. The highest BCUT2D eigenvalue weighted by Crippen LogP contribution is 2.27. The Bertz CT molecular complexity index is 996. The van der Waals surface area contributed by atoms with Crippen molar-refractivity contribution >= 4 is 11.9 Å². The van der Waals surface area contributed by atoms with Gasteiger partial charge in [0, 0.05) is 39.4 Å². The van der Waals surface area contributed by atoms with Crippen molar-refractivity contribution < 1.29 is 27.9 Å². The molecule has 0 aromatic carbocycles. The van der Waals surface area contributed by atoms with Gasteiger partial charge in [-0.1, -0.05) is 6.42 Å². The van der Waals surface area contributed by atoms with Gasteiger partial charge in [0.25, 0.3) is 5.91 Å². The SMILES string of the molecule is Cc1cc(CN2CCn3cc(C(=O)NCC4CCC4)nc3C2C)n(C)n1.O=C(O)C(F)(F)F. The molecule has 4 rings (SSSR count). The Hall–Kier alpha value is -2.89. The van der Waals surface area contributed by atoms with Crippen LogP contribution in [0, 0.1) is 12.8 Å². The van der Waals surface area contributed by atoms with Gasteiger partial charge in [0.15, 0.2) is 0 Å². The largest absolute Gasteiger partial charge is 0.490 e. The Kier molecular flexibility index (Phi) is 7.45. The van der Waals surface area contributed by atoms with Crippen LogP contribution in [-0.4, -0.2) is 60.5 Å². The molecule has 3 heterocycles. The number of carboxylic acid groups (broad SMARTS) is 1. The Morgan fingerprint density at radius 3 is 2.45 bits per heavy atom. The summed E-state index contributed by atoms with van der Waals surface area (Å²) in [5, 5.41) is 14.6. The highest BCUT2D eigenvalue weighted by Gasteiger charge is 2.38. The summed E-state index contributed by atoms with van der Waals surface area (Å²) in [6.07, 6.45) is 0.593. The molecule has 1 atom stereocenters. The number of aliphatic carboxylic acids is 1. The Morgan fingerprint density at radius 2 is 1.94 bits per heavy atom. The highest BCUT2D eigenvalue weighted by molar-refractivity contribution is 5.92. The van der Waals surface area contributed by atoms with Crippen molar-refractivity contribution in [2.75, 3.05) is 13.1 Å². The molecule has 1 fully saturated rings. The number of nitrogens with zero attached hydrogens (tertiary/aromatic N) is 5. The number of aromatic nitrogens is 4. The molecule has 1 unspecified atom stereocenters. The summed E-state index contributed by atoms with van der Waals surface area (Å²) in [5.74, 6) is -1.16. The quantitative estimate of drug-likeness (QED) is 0.696. The molecule has 33 heavy (non-hydrogen) atoms. The van der Waals surface area contributed by atoms with Crippen LogP contribution in [0.4, 0.5) is 13.2 Å². The van der Waals surface area contributed by atoms with Crippen molar-refractivity contribution in [3.63, 3.8) is 0 Å². The number of alkyl halides is 3. The average molecular weight is 470 g/mol. The number of imidazole rings is 1. The molecule has 2 aromatic rings. The van der Waals surface area contributed by atoms with Crippen molar-refractivity contribution in [2.45, 2.75) is 58.4 Å². The molecule has 182 valence electrons. The number of halogens is 3. The zero-order valence-electron chi connectivity index (χ0n) is 18.9. The summed E-state index contributed by atoms with van der Waals surface area (Å²) >= 11 is 0. The van der Waals surface area contributed by atoms with Gasteiger partial charge in [0.1, 0.15) is 11.5 Å². The first-order valence-corrected chi connectivity index (χ1v) is 10.8. The van der Waals surface area contributed by atoms with Gasteiger partial charge in [-0.3, -0.25) is 14.4 Å². The lowest BCUT2D eigenvalue weighted by Gasteiger charge is -2.33. The van der Waals surface area contributed by atoms with E-state index in [0.717, 1.165) is 37.7 Å². The van der Waals surface area contributed by atoms with Gasteiger partial charge >= 0.3 is 12.1 Å². The Morgan fingerprint density at radius 1 is 1.27 bits per heavy atom. The van der Waals surface area contributed by atoms with Crippen LogP contribution in [0.25, 0.3) is 0 Å². The second kappa shape index (κ2) is 9.94. The van der Waals surface area contributed by atoms with E-state index in [9.17, 15) is 18.0 Å². The molecular formula is C21H29F3N6O3. The zero-order valence-corrected chi connectivity index (χ0v) is 18.9. The Labute approximate surface area is 189 Å². The molecule has 1 amide bonds. The molecule has 12 heteroatoms. The van der Waals surface area contributed by atoms with Crippen molar-refractivity contribution in [2.24, 2.45) is 13.0 Å². The third-order valence-corrected chi connectivity index (χ3v) is 6.07. The van der Waals surface area contributed by atoms with Crippen molar-refractivity contribution in [1.82, 2.24) is 29.5 Å². The van der Waals surface area contributed by atoms with Crippen LogP contribution < -0.4 is 5.32 Å². The molecule has 0 radical (unpaired) electrons. The number of carbonyl (C=O) groups is 2. The summed E-state index contributed by atoms with van der Waals surface area (Å²) < 4.78 is 35.8. The average Bonchev–Trinajstić information content (AvgIpc) is 3.26. The fourth-order valence-electron chi connectivity index (χ4n) is 3.91. The lowest BCUT2D eigenvalue weighted by molar-refractivity contribution is -0.192. The predicted molar refractivity (Wildman–Crippen MR) is 112 cm³/mol. The molecule has 2 N–H and O–H groups in total. The van der Waals surface area contributed by atoms with Crippen molar-refractivity contribution in [3.05, 3.63) is 35.2 Å². The standard InChI is InChI=1S/C19H28N6O.C2HF3O2/c1-13-9-16(23(3)22-13)11-24-7-8-25-12-17(21-18(25)14(24)2)19(26)20-10-15-5-4-6-15;3-2(4,5)1(6)7/h9,12,14-15H,4-8,10-11H2,1-3H3,(H,20,26);(H,6,7). The molecule has 1 aliphatic heterocycles. The maximum atomic E-state index is 12.4. The van der Waals surface area contributed by atoms with Crippen LogP contribution in [0.5, 0.6) is 0 Å². The van der Waals surface area contributed by atoms with Gasteiger partial charge in [0.05, 0.1) is 17.4 Å². The molecule has 2 aliphatic rings. The minimum absolute atomic E-state index is 0.0418. The van der Waals surface area contributed by atoms with Gasteiger partial charge in [-0.05, 0) is 38.7 Å². The molecular weight excluding hydrogens is 441 g/mol. The van der Waals surface area contributed by atoms with E-state index >= 15 is 0 Å². The summed E-state index contributed by atoms with van der Waals surface area (Å²) in [7, 11) is 1.99. The normalized spacial score (nSPS) is 18.7. The fraction of sp³-hybridized carbons (Fsp3) is 0.619. The molecule has 2 aromatic heterocycles. The van der Waals surface area contributed by atoms with E-state index in [-0.39, 0.29) is 11.9 Å². The van der Waals surface area contributed by atoms with Gasteiger partial charge < -0.3 is 15.0 Å². The minimum atomic E-state index is -5.08. The third kappa shape index (κ3) is 6.12. The van der Waals surface area contributed by atoms with Gasteiger partial charge in [-0.2, -0.15) is 18.3 Å². The summed E-state index contributed by atoms with van der Waals surface area (Å²) in [5.41, 5.74) is 2.79. The zero-order chi connectivity index (χ0) is 24.3. The number of hydrogen-bond donors (Lipinski definition) is 2. The first kappa shape index (κ1) is 24.7. The second-order valence-electron chi connectivity index (χ2n) is 8.53. The topological polar surface area (TPSA) is 105 Å². The summed E-state index contributed by atoms with van der Waals surface area (Å²) in [4.78, 5) is 28.4. The van der Waals surface area contributed by atoms with Crippen LogP contribution in [0.1, 0.15) is 59.9 Å². The molecule has 0 saturated heterocycles. The predicted octanol–water partition coefficient (Wildman–Crippen LogP) is 2.67. The van der Waals surface area contributed by atoms with Crippen molar-refractivity contribution in [3.8, 4) is 0 Å². The maximum absolute atomic E-state index is 12.4.